The van der Waals surface area contributed by atoms with Gasteiger partial charge < -0.3 is 5.32 Å². The van der Waals surface area contributed by atoms with E-state index in [2.05, 4.69) is 17.4 Å². The lowest BCUT2D eigenvalue weighted by Crippen LogP contribution is -2.33. The second-order valence-electron chi connectivity index (χ2n) is 5.00. The number of aryl methyl sites for hydroxylation is 1. The maximum absolute atomic E-state index is 12.2. The van der Waals surface area contributed by atoms with Gasteiger partial charge in [0.05, 0.1) is 15.6 Å². The van der Waals surface area contributed by atoms with Crippen LogP contribution in [-0.4, -0.2) is 11.9 Å². The van der Waals surface area contributed by atoms with Crippen LogP contribution in [0.15, 0.2) is 48.5 Å². The molecule has 110 valence electrons. The number of rotatable bonds is 5. The van der Waals surface area contributed by atoms with Gasteiger partial charge in [0.15, 0.2) is 0 Å². The molecule has 0 aliphatic carbocycles. The summed E-state index contributed by atoms with van der Waals surface area (Å²) in [6.45, 7) is 1.98. The van der Waals surface area contributed by atoms with Crippen molar-refractivity contribution < 1.29 is 4.79 Å². The highest BCUT2D eigenvalue weighted by Crippen LogP contribution is 2.24. The second kappa shape index (κ2) is 7.48. The molecular formula is C17H17Cl2NO. The fourth-order valence-corrected chi connectivity index (χ4v) is 2.68. The van der Waals surface area contributed by atoms with E-state index in [1.807, 2.05) is 25.1 Å². The maximum Gasteiger partial charge on any atom is 0.254 e. The Morgan fingerprint density at radius 2 is 1.67 bits per heavy atom. The van der Waals surface area contributed by atoms with Crippen LogP contribution in [0.25, 0.3) is 0 Å². The molecule has 0 heterocycles. The van der Waals surface area contributed by atoms with E-state index < -0.39 is 0 Å². The Labute approximate surface area is 135 Å². The molecule has 0 saturated heterocycles. The van der Waals surface area contributed by atoms with Crippen molar-refractivity contribution >= 4 is 29.1 Å². The van der Waals surface area contributed by atoms with E-state index >= 15 is 0 Å². The molecular weight excluding hydrogens is 305 g/mol. The van der Waals surface area contributed by atoms with Gasteiger partial charge >= 0.3 is 0 Å². The van der Waals surface area contributed by atoms with Crippen LogP contribution < -0.4 is 5.32 Å². The molecule has 0 aromatic heterocycles. The predicted molar refractivity (Wildman–Crippen MR) is 88.2 cm³/mol. The zero-order valence-electron chi connectivity index (χ0n) is 11.8. The fraction of sp³-hybridized carbons (Fsp3) is 0.235. The van der Waals surface area contributed by atoms with Gasteiger partial charge in [-0.2, -0.15) is 0 Å². The zero-order chi connectivity index (χ0) is 15.2. The SMILES string of the molecule is C[C@H](CCc1ccccc1)NC(=O)c1c(Cl)cccc1Cl. The van der Waals surface area contributed by atoms with Crippen molar-refractivity contribution in [3.8, 4) is 0 Å². The third-order valence-electron chi connectivity index (χ3n) is 3.28. The van der Waals surface area contributed by atoms with Gasteiger partial charge in [-0.3, -0.25) is 4.79 Å². The molecule has 2 rings (SSSR count). The molecule has 0 fully saturated rings. The number of nitrogens with one attached hydrogen (secondary N) is 1. The molecule has 21 heavy (non-hydrogen) atoms. The van der Waals surface area contributed by atoms with Crippen LogP contribution in [0, 0.1) is 0 Å². The van der Waals surface area contributed by atoms with E-state index in [4.69, 9.17) is 23.2 Å². The van der Waals surface area contributed by atoms with Crippen LogP contribution >= 0.6 is 23.2 Å². The van der Waals surface area contributed by atoms with Crippen LogP contribution in [0.3, 0.4) is 0 Å². The average molecular weight is 322 g/mol. The van der Waals surface area contributed by atoms with E-state index in [0.29, 0.717) is 15.6 Å². The van der Waals surface area contributed by atoms with Crippen molar-refractivity contribution in [2.75, 3.05) is 0 Å². The number of benzene rings is 2. The first-order valence-corrected chi connectivity index (χ1v) is 7.62. The molecule has 0 bridgehead atoms. The number of halogens is 2. The third kappa shape index (κ3) is 4.48. The summed E-state index contributed by atoms with van der Waals surface area (Å²) in [5.41, 5.74) is 1.60. The first-order chi connectivity index (χ1) is 10.1. The normalized spacial score (nSPS) is 12.0. The Hall–Kier alpha value is -1.51. The minimum Gasteiger partial charge on any atom is -0.349 e. The van der Waals surface area contributed by atoms with E-state index in [1.165, 1.54) is 5.56 Å². The molecule has 1 atom stereocenters. The summed E-state index contributed by atoms with van der Waals surface area (Å²) >= 11 is 12.1. The van der Waals surface area contributed by atoms with Gasteiger partial charge in [0.25, 0.3) is 5.91 Å². The Bertz CT molecular complexity index is 593. The average Bonchev–Trinajstić information content (AvgIpc) is 2.46. The maximum atomic E-state index is 12.2. The van der Waals surface area contributed by atoms with E-state index in [1.54, 1.807) is 18.2 Å². The van der Waals surface area contributed by atoms with Gasteiger partial charge in [0.2, 0.25) is 0 Å². The number of amides is 1. The van der Waals surface area contributed by atoms with Crippen LogP contribution in [0.5, 0.6) is 0 Å². The lowest BCUT2D eigenvalue weighted by Gasteiger charge is -2.15. The fourth-order valence-electron chi connectivity index (χ4n) is 2.11. The number of hydrogen-bond acceptors (Lipinski definition) is 1. The highest BCUT2D eigenvalue weighted by Gasteiger charge is 2.16. The largest absolute Gasteiger partial charge is 0.349 e. The van der Waals surface area contributed by atoms with Crippen molar-refractivity contribution in [3.63, 3.8) is 0 Å². The summed E-state index contributed by atoms with van der Waals surface area (Å²) in [6.07, 6.45) is 1.77. The van der Waals surface area contributed by atoms with E-state index in [-0.39, 0.29) is 11.9 Å². The van der Waals surface area contributed by atoms with Crippen molar-refractivity contribution in [2.45, 2.75) is 25.8 Å². The van der Waals surface area contributed by atoms with Crippen molar-refractivity contribution in [1.29, 1.82) is 0 Å². The second-order valence-corrected chi connectivity index (χ2v) is 5.81. The molecule has 1 N–H and O–H groups in total. The minimum atomic E-state index is -0.230. The van der Waals surface area contributed by atoms with E-state index in [9.17, 15) is 4.79 Å². The molecule has 0 unspecified atom stereocenters. The third-order valence-corrected chi connectivity index (χ3v) is 3.91. The molecule has 4 heteroatoms. The van der Waals surface area contributed by atoms with Crippen LogP contribution in [0.2, 0.25) is 10.0 Å². The molecule has 0 aliphatic heterocycles. The summed E-state index contributed by atoms with van der Waals surface area (Å²) in [6, 6.07) is 15.3. The number of hydrogen-bond donors (Lipinski definition) is 1. The van der Waals surface area contributed by atoms with E-state index in [0.717, 1.165) is 12.8 Å². The zero-order valence-corrected chi connectivity index (χ0v) is 13.3. The minimum absolute atomic E-state index is 0.0463. The summed E-state index contributed by atoms with van der Waals surface area (Å²) in [7, 11) is 0. The van der Waals surface area contributed by atoms with Gasteiger partial charge in [0.1, 0.15) is 0 Å². The lowest BCUT2D eigenvalue weighted by molar-refractivity contribution is 0.0939. The summed E-state index contributed by atoms with van der Waals surface area (Å²) < 4.78 is 0. The monoisotopic (exact) mass is 321 g/mol. The van der Waals surface area contributed by atoms with Crippen molar-refractivity contribution in [3.05, 3.63) is 69.7 Å². The Morgan fingerprint density at radius 3 is 2.29 bits per heavy atom. The standard InChI is InChI=1S/C17H17Cl2NO/c1-12(10-11-13-6-3-2-4-7-13)20-17(21)16-14(18)8-5-9-15(16)19/h2-9,12H,10-11H2,1H3,(H,20,21)/t12-/m1/s1. The molecule has 2 aromatic rings. The van der Waals surface area contributed by atoms with Crippen LogP contribution in [0.4, 0.5) is 0 Å². The summed E-state index contributed by atoms with van der Waals surface area (Å²) in [4.78, 5) is 12.2. The summed E-state index contributed by atoms with van der Waals surface area (Å²) in [5, 5.41) is 3.68. The first kappa shape index (κ1) is 15.9. The molecule has 0 saturated carbocycles. The molecule has 0 radical (unpaired) electrons. The van der Waals surface area contributed by atoms with Gasteiger partial charge in [-0.25, -0.2) is 0 Å². The number of carbonyl (C=O) groups excluding carboxylic acids is 1. The highest BCUT2D eigenvalue weighted by molar-refractivity contribution is 6.39. The molecule has 2 nitrogen and oxygen atoms in total. The highest BCUT2D eigenvalue weighted by atomic mass is 35.5. The van der Waals surface area contributed by atoms with Gasteiger partial charge in [0, 0.05) is 6.04 Å². The summed E-state index contributed by atoms with van der Waals surface area (Å²) in [5.74, 6) is -0.230. The molecule has 0 spiro atoms. The molecule has 2 aromatic carbocycles. The predicted octanol–water partition coefficient (Wildman–Crippen LogP) is 4.74. The van der Waals surface area contributed by atoms with Crippen LogP contribution in [-0.2, 0) is 6.42 Å². The van der Waals surface area contributed by atoms with Crippen molar-refractivity contribution in [2.24, 2.45) is 0 Å². The van der Waals surface area contributed by atoms with Crippen LogP contribution in [0.1, 0.15) is 29.3 Å². The molecule has 0 aliphatic rings. The van der Waals surface area contributed by atoms with Gasteiger partial charge in [-0.1, -0.05) is 59.6 Å². The smallest absolute Gasteiger partial charge is 0.254 e. The quantitative estimate of drug-likeness (QED) is 0.846. The number of carbonyl (C=O) groups is 1. The Morgan fingerprint density at radius 1 is 1.05 bits per heavy atom. The van der Waals surface area contributed by atoms with Gasteiger partial charge in [-0.05, 0) is 37.5 Å². The van der Waals surface area contributed by atoms with Crippen molar-refractivity contribution in [1.82, 2.24) is 5.32 Å². The topological polar surface area (TPSA) is 29.1 Å². The first-order valence-electron chi connectivity index (χ1n) is 6.86. The molecule has 1 amide bonds. The lowest BCUT2D eigenvalue weighted by atomic mass is 10.1. The Balaban J connectivity index is 1.93. The Kier molecular flexibility index (Phi) is 5.66. The van der Waals surface area contributed by atoms with Gasteiger partial charge in [-0.15, -0.1) is 0 Å².